The molecule has 0 amide bonds. The first-order valence-corrected chi connectivity index (χ1v) is 12.5. The number of rotatable bonds is 8. The minimum atomic E-state index is -1.95. The molecule has 0 bridgehead atoms. The van der Waals surface area contributed by atoms with Gasteiger partial charge in [-0.05, 0) is 35.7 Å². The Morgan fingerprint density at radius 1 is 1.00 bits per heavy atom. The molecule has 1 aromatic carbocycles. The first-order chi connectivity index (χ1) is 13.7. The molecule has 0 aliphatic rings. The highest BCUT2D eigenvalue weighted by atomic mass is 28.4. The summed E-state index contributed by atoms with van der Waals surface area (Å²) in [5.74, 6) is 0. The van der Waals surface area contributed by atoms with E-state index < -0.39 is 8.32 Å². The van der Waals surface area contributed by atoms with Crippen LogP contribution in [0.4, 0.5) is 0 Å². The standard InChI is InChI=1S/C21H33N5O2Si/c1-13(2)29(14(3)4,15(5)6)28-12-16(7)26-20-18(24-25-26)10-9-17-11-22-21(27-8)23-19(17)20/h9-11,13-16H,12H2,1-8H3/t16-/m0/s1. The fraction of sp³-hybridized carbons (Fsp3) is 0.619. The second-order valence-corrected chi connectivity index (χ2v) is 14.2. The highest BCUT2D eigenvalue weighted by molar-refractivity contribution is 6.77. The number of fused-ring (bicyclic) bond motifs is 3. The van der Waals surface area contributed by atoms with Crippen molar-refractivity contribution in [3.8, 4) is 6.01 Å². The number of methoxy groups -OCH3 is 1. The zero-order valence-electron chi connectivity index (χ0n) is 18.8. The maximum absolute atomic E-state index is 6.80. The van der Waals surface area contributed by atoms with E-state index >= 15 is 0 Å². The molecule has 0 aliphatic heterocycles. The van der Waals surface area contributed by atoms with Crippen molar-refractivity contribution in [2.45, 2.75) is 71.1 Å². The molecule has 7 nitrogen and oxygen atoms in total. The zero-order chi connectivity index (χ0) is 21.3. The Morgan fingerprint density at radius 2 is 1.66 bits per heavy atom. The summed E-state index contributed by atoms with van der Waals surface area (Å²) in [5.41, 5.74) is 4.13. The Labute approximate surface area is 174 Å². The van der Waals surface area contributed by atoms with Crippen LogP contribution in [0.15, 0.2) is 18.3 Å². The third kappa shape index (κ3) is 3.75. The van der Waals surface area contributed by atoms with Gasteiger partial charge in [0.05, 0.1) is 19.8 Å². The molecule has 2 heterocycles. The van der Waals surface area contributed by atoms with Crippen molar-refractivity contribution in [1.82, 2.24) is 25.0 Å². The molecular weight excluding hydrogens is 382 g/mol. The van der Waals surface area contributed by atoms with Crippen LogP contribution in [0.3, 0.4) is 0 Å². The highest BCUT2D eigenvalue weighted by Crippen LogP contribution is 2.42. The van der Waals surface area contributed by atoms with Crippen LogP contribution in [0, 0.1) is 0 Å². The Morgan fingerprint density at radius 3 is 2.24 bits per heavy atom. The minimum absolute atomic E-state index is 0.0367. The average molecular weight is 416 g/mol. The summed E-state index contributed by atoms with van der Waals surface area (Å²) in [7, 11) is -0.375. The number of ether oxygens (including phenoxy) is 1. The van der Waals surface area contributed by atoms with E-state index in [4.69, 9.17) is 9.16 Å². The molecule has 0 radical (unpaired) electrons. The van der Waals surface area contributed by atoms with E-state index in [1.54, 1.807) is 13.3 Å². The monoisotopic (exact) mass is 415 g/mol. The van der Waals surface area contributed by atoms with Gasteiger partial charge in [0, 0.05) is 11.6 Å². The van der Waals surface area contributed by atoms with Gasteiger partial charge in [-0.1, -0.05) is 46.8 Å². The average Bonchev–Trinajstić information content (AvgIpc) is 3.11. The first-order valence-electron chi connectivity index (χ1n) is 10.4. The van der Waals surface area contributed by atoms with Crippen molar-refractivity contribution < 1.29 is 9.16 Å². The lowest BCUT2D eigenvalue weighted by Gasteiger charge is -2.42. The van der Waals surface area contributed by atoms with E-state index in [-0.39, 0.29) is 6.04 Å². The Balaban J connectivity index is 1.99. The predicted molar refractivity (Wildman–Crippen MR) is 119 cm³/mol. The Kier molecular flexibility index (Phi) is 6.23. The maximum Gasteiger partial charge on any atom is 0.316 e. The van der Waals surface area contributed by atoms with Crippen LogP contribution in [-0.4, -0.2) is 47.0 Å². The molecule has 158 valence electrons. The molecule has 1 atom stereocenters. The number of aromatic nitrogens is 5. The summed E-state index contributed by atoms with van der Waals surface area (Å²) in [6, 6.07) is 4.30. The molecule has 0 aliphatic carbocycles. The smallest absolute Gasteiger partial charge is 0.316 e. The van der Waals surface area contributed by atoms with Gasteiger partial charge in [-0.25, -0.2) is 9.67 Å². The van der Waals surface area contributed by atoms with Crippen molar-refractivity contribution in [3.63, 3.8) is 0 Å². The van der Waals surface area contributed by atoms with Crippen molar-refractivity contribution in [2.75, 3.05) is 13.7 Å². The Bertz CT molecular complexity index is 964. The number of benzene rings is 1. The van der Waals surface area contributed by atoms with Gasteiger partial charge in [-0.2, -0.15) is 4.98 Å². The molecule has 0 spiro atoms. The molecule has 2 aromatic heterocycles. The molecule has 0 N–H and O–H groups in total. The molecular formula is C21H33N5O2Si. The van der Waals surface area contributed by atoms with Gasteiger partial charge in [0.1, 0.15) is 16.6 Å². The van der Waals surface area contributed by atoms with E-state index in [1.807, 2.05) is 16.8 Å². The fourth-order valence-corrected chi connectivity index (χ4v) is 10.3. The van der Waals surface area contributed by atoms with Crippen LogP contribution in [0.1, 0.15) is 54.5 Å². The van der Waals surface area contributed by atoms with Gasteiger partial charge >= 0.3 is 6.01 Å². The third-order valence-corrected chi connectivity index (χ3v) is 12.1. The van der Waals surface area contributed by atoms with Crippen LogP contribution in [-0.2, 0) is 4.43 Å². The molecule has 3 rings (SSSR count). The minimum Gasteiger partial charge on any atom is -0.467 e. The lowest BCUT2D eigenvalue weighted by molar-refractivity contribution is 0.224. The van der Waals surface area contributed by atoms with Gasteiger partial charge in [0.25, 0.3) is 0 Å². The van der Waals surface area contributed by atoms with E-state index in [9.17, 15) is 0 Å². The number of hydrogen-bond donors (Lipinski definition) is 0. The summed E-state index contributed by atoms with van der Waals surface area (Å²) in [5, 5.41) is 9.74. The van der Waals surface area contributed by atoms with Crippen LogP contribution < -0.4 is 4.74 Å². The molecule has 3 aromatic rings. The van der Waals surface area contributed by atoms with Crippen LogP contribution in [0.5, 0.6) is 6.01 Å². The lowest BCUT2D eigenvalue weighted by atomic mass is 10.2. The number of nitrogens with zero attached hydrogens (tertiary/aromatic N) is 5. The van der Waals surface area contributed by atoms with E-state index in [0.717, 1.165) is 21.9 Å². The molecule has 0 saturated heterocycles. The van der Waals surface area contributed by atoms with Crippen molar-refractivity contribution >= 4 is 30.3 Å². The second kappa shape index (κ2) is 8.35. The summed E-state index contributed by atoms with van der Waals surface area (Å²) in [6.45, 7) is 16.6. The topological polar surface area (TPSA) is 75.0 Å². The normalized spacial score (nSPS) is 13.9. The number of hydrogen-bond acceptors (Lipinski definition) is 6. The SMILES string of the molecule is COc1ncc2ccc3nnn([C@@H](C)CO[Si](C(C)C)(C(C)C)C(C)C)c3c2n1. The van der Waals surface area contributed by atoms with Gasteiger partial charge in [0.2, 0.25) is 0 Å². The van der Waals surface area contributed by atoms with Gasteiger partial charge in [-0.3, -0.25) is 0 Å². The van der Waals surface area contributed by atoms with Crippen molar-refractivity contribution in [3.05, 3.63) is 18.3 Å². The van der Waals surface area contributed by atoms with Crippen LogP contribution in [0.25, 0.3) is 21.9 Å². The van der Waals surface area contributed by atoms with Crippen LogP contribution in [0.2, 0.25) is 16.6 Å². The summed E-state index contributed by atoms with van der Waals surface area (Å²) < 4.78 is 14.0. The lowest BCUT2D eigenvalue weighted by Crippen LogP contribution is -2.48. The second-order valence-electron chi connectivity index (χ2n) is 8.74. The first kappa shape index (κ1) is 21.6. The van der Waals surface area contributed by atoms with Gasteiger partial charge in [-0.15, -0.1) is 5.10 Å². The van der Waals surface area contributed by atoms with Crippen molar-refractivity contribution in [1.29, 1.82) is 0 Å². The summed E-state index contributed by atoms with van der Waals surface area (Å²) >= 11 is 0. The van der Waals surface area contributed by atoms with Gasteiger partial charge < -0.3 is 9.16 Å². The quantitative estimate of drug-likeness (QED) is 0.474. The molecule has 0 unspecified atom stereocenters. The van der Waals surface area contributed by atoms with E-state index in [1.165, 1.54) is 0 Å². The molecule has 8 heteroatoms. The predicted octanol–water partition coefficient (Wildman–Crippen LogP) is 5.14. The Hall–Kier alpha value is -2.06. The third-order valence-electron chi connectivity index (χ3n) is 6.04. The van der Waals surface area contributed by atoms with Gasteiger partial charge in [0.15, 0.2) is 8.32 Å². The van der Waals surface area contributed by atoms with E-state index in [2.05, 4.69) is 68.7 Å². The molecule has 0 saturated carbocycles. The fourth-order valence-electron chi connectivity index (χ4n) is 4.75. The molecule has 29 heavy (non-hydrogen) atoms. The summed E-state index contributed by atoms with van der Waals surface area (Å²) in [4.78, 5) is 8.78. The van der Waals surface area contributed by atoms with Crippen LogP contribution >= 0.6 is 0 Å². The molecule has 0 fully saturated rings. The van der Waals surface area contributed by atoms with E-state index in [0.29, 0.717) is 29.2 Å². The maximum atomic E-state index is 6.80. The summed E-state index contributed by atoms with van der Waals surface area (Å²) in [6.07, 6.45) is 1.77. The largest absolute Gasteiger partial charge is 0.467 e. The highest BCUT2D eigenvalue weighted by Gasteiger charge is 2.45. The zero-order valence-corrected chi connectivity index (χ0v) is 19.8. The van der Waals surface area contributed by atoms with Crippen molar-refractivity contribution in [2.24, 2.45) is 0 Å².